The van der Waals surface area contributed by atoms with Crippen LogP contribution in [0.1, 0.15) is 55.6 Å². The average molecular weight is 295 g/mol. The van der Waals surface area contributed by atoms with Gasteiger partial charge in [0.15, 0.2) is 0 Å². The molecule has 0 radical (unpaired) electrons. The first-order valence-corrected chi connectivity index (χ1v) is 8.76. The zero-order chi connectivity index (χ0) is 14.9. The fraction of sp³-hybridized carbons (Fsp3) is 0.526. The highest BCUT2D eigenvalue weighted by Crippen LogP contribution is 2.44. The summed E-state index contributed by atoms with van der Waals surface area (Å²) in [5, 5.41) is 8.08. The van der Waals surface area contributed by atoms with E-state index in [1.165, 1.54) is 48.3 Å². The molecule has 2 aliphatic rings. The summed E-state index contributed by atoms with van der Waals surface area (Å²) in [6.07, 6.45) is 7.63. The second-order valence-corrected chi connectivity index (χ2v) is 6.69. The summed E-state index contributed by atoms with van der Waals surface area (Å²) in [5.74, 6) is 0.757. The van der Waals surface area contributed by atoms with Crippen LogP contribution in [0.2, 0.25) is 0 Å². The van der Waals surface area contributed by atoms with E-state index in [0.717, 1.165) is 25.3 Å². The molecule has 1 atom stereocenters. The number of benzene rings is 1. The van der Waals surface area contributed by atoms with Crippen LogP contribution >= 0.6 is 0 Å². The quantitative estimate of drug-likeness (QED) is 0.917. The van der Waals surface area contributed by atoms with Crippen molar-refractivity contribution in [3.63, 3.8) is 0 Å². The summed E-state index contributed by atoms with van der Waals surface area (Å²) in [5.41, 5.74) is 5.54. The number of aromatic nitrogens is 2. The topological polar surface area (TPSA) is 31.9 Å². The van der Waals surface area contributed by atoms with Crippen LogP contribution in [-0.4, -0.2) is 16.7 Å². The molecule has 1 aliphatic heterocycles. The Morgan fingerprint density at radius 3 is 2.68 bits per heavy atom. The van der Waals surface area contributed by atoms with Crippen molar-refractivity contribution in [1.82, 2.24) is 10.2 Å². The van der Waals surface area contributed by atoms with Gasteiger partial charge >= 0.3 is 0 Å². The maximum Gasteiger partial charge on any atom is 0.0885 e. The third-order valence-corrected chi connectivity index (χ3v) is 5.49. The smallest absolute Gasteiger partial charge is 0.0885 e. The van der Waals surface area contributed by atoms with Crippen LogP contribution in [0.25, 0.3) is 0 Å². The predicted molar refractivity (Wildman–Crippen MR) is 90.2 cm³/mol. The Morgan fingerprint density at radius 2 is 1.95 bits per heavy atom. The Hall–Kier alpha value is -1.77. The van der Waals surface area contributed by atoms with Crippen LogP contribution in [0.3, 0.4) is 0 Å². The number of aryl methyl sites for hydroxylation is 1. The minimum Gasteiger partial charge on any atom is -0.362 e. The van der Waals surface area contributed by atoms with Crippen LogP contribution in [0.4, 0.5) is 5.69 Å². The lowest BCUT2D eigenvalue weighted by Crippen LogP contribution is -2.39. The third-order valence-electron chi connectivity index (χ3n) is 5.49. The third kappa shape index (κ3) is 2.23. The number of fused-ring (bicyclic) bond motifs is 1. The van der Waals surface area contributed by atoms with Crippen molar-refractivity contribution in [2.75, 3.05) is 11.4 Å². The monoisotopic (exact) mass is 295 g/mol. The lowest BCUT2D eigenvalue weighted by atomic mass is 9.86. The van der Waals surface area contributed by atoms with Gasteiger partial charge in [-0.25, -0.2) is 0 Å². The van der Waals surface area contributed by atoms with Gasteiger partial charge in [0.1, 0.15) is 0 Å². The summed E-state index contributed by atoms with van der Waals surface area (Å²) in [6, 6.07) is 11.4. The fourth-order valence-electron chi connectivity index (χ4n) is 4.41. The average Bonchev–Trinajstić information content (AvgIpc) is 3.24. The maximum atomic E-state index is 4.76. The van der Waals surface area contributed by atoms with Crippen molar-refractivity contribution in [1.29, 1.82) is 0 Å². The molecular weight excluding hydrogens is 270 g/mol. The second-order valence-electron chi connectivity index (χ2n) is 6.69. The van der Waals surface area contributed by atoms with Gasteiger partial charge in [-0.15, -0.1) is 0 Å². The highest BCUT2D eigenvalue weighted by atomic mass is 15.2. The molecule has 2 heterocycles. The lowest BCUT2D eigenvalue weighted by molar-refractivity contribution is 0.392. The molecule has 4 rings (SSSR count). The van der Waals surface area contributed by atoms with E-state index in [0.29, 0.717) is 6.04 Å². The second kappa shape index (κ2) is 5.79. The Balaban J connectivity index is 1.76. The molecule has 3 heteroatoms. The van der Waals surface area contributed by atoms with Gasteiger partial charge in [0.2, 0.25) is 0 Å². The van der Waals surface area contributed by atoms with E-state index in [9.17, 15) is 0 Å². The van der Waals surface area contributed by atoms with Crippen LogP contribution < -0.4 is 4.90 Å². The van der Waals surface area contributed by atoms with E-state index >= 15 is 0 Å². The Kier molecular flexibility index (Phi) is 3.65. The molecule has 0 spiro atoms. The zero-order valence-electron chi connectivity index (χ0n) is 13.4. The number of hydrogen-bond donors (Lipinski definition) is 1. The Labute approximate surface area is 132 Å². The molecule has 0 amide bonds. The number of nitrogens with zero attached hydrogens (tertiary/aromatic N) is 2. The van der Waals surface area contributed by atoms with E-state index in [1.54, 1.807) is 0 Å². The largest absolute Gasteiger partial charge is 0.362 e. The Bertz CT molecular complexity index is 625. The number of H-pyrrole nitrogens is 1. The Morgan fingerprint density at radius 1 is 1.18 bits per heavy atom. The van der Waals surface area contributed by atoms with Crippen molar-refractivity contribution >= 4 is 5.69 Å². The molecule has 1 N–H and O–H groups in total. The van der Waals surface area contributed by atoms with Crippen molar-refractivity contribution in [3.8, 4) is 0 Å². The minimum atomic E-state index is 0.463. The summed E-state index contributed by atoms with van der Waals surface area (Å²) in [7, 11) is 0. The maximum absolute atomic E-state index is 4.76. The molecule has 1 saturated carbocycles. The van der Waals surface area contributed by atoms with Crippen LogP contribution in [0, 0.1) is 5.92 Å². The van der Waals surface area contributed by atoms with E-state index in [1.807, 2.05) is 0 Å². The van der Waals surface area contributed by atoms with Gasteiger partial charge in [0.05, 0.1) is 11.7 Å². The molecule has 2 aromatic rings. The van der Waals surface area contributed by atoms with Gasteiger partial charge in [-0.3, -0.25) is 5.10 Å². The number of hydrogen-bond acceptors (Lipinski definition) is 2. The number of nitrogens with one attached hydrogen (secondary N) is 1. The molecule has 0 bridgehead atoms. The highest BCUT2D eigenvalue weighted by Gasteiger charge is 2.37. The molecule has 22 heavy (non-hydrogen) atoms. The predicted octanol–water partition coefficient (Wildman–Crippen LogP) is 4.27. The molecule has 1 unspecified atom stereocenters. The summed E-state index contributed by atoms with van der Waals surface area (Å²) >= 11 is 0. The van der Waals surface area contributed by atoms with Gasteiger partial charge in [-0.05, 0) is 43.7 Å². The zero-order valence-corrected chi connectivity index (χ0v) is 13.4. The normalized spacial score (nSPS) is 22.0. The van der Waals surface area contributed by atoms with Crippen molar-refractivity contribution in [3.05, 3.63) is 47.3 Å². The van der Waals surface area contributed by atoms with E-state index in [4.69, 9.17) is 5.10 Å². The summed E-state index contributed by atoms with van der Waals surface area (Å²) < 4.78 is 0. The van der Waals surface area contributed by atoms with E-state index < -0.39 is 0 Å². The SMILES string of the molecule is CCc1[nH]nc2c1CCN(c1ccccc1)C2C1CCCC1. The molecule has 116 valence electrons. The van der Waals surface area contributed by atoms with Crippen LogP contribution in [-0.2, 0) is 12.8 Å². The molecule has 1 aromatic heterocycles. The van der Waals surface area contributed by atoms with E-state index in [-0.39, 0.29) is 0 Å². The number of rotatable bonds is 3. The summed E-state index contributed by atoms with van der Waals surface area (Å²) in [4.78, 5) is 2.61. The lowest BCUT2D eigenvalue weighted by Gasteiger charge is -2.40. The van der Waals surface area contributed by atoms with Crippen molar-refractivity contribution in [2.45, 2.75) is 51.5 Å². The summed E-state index contributed by atoms with van der Waals surface area (Å²) in [6.45, 7) is 3.34. The van der Waals surface area contributed by atoms with Gasteiger partial charge in [0.25, 0.3) is 0 Å². The van der Waals surface area contributed by atoms with E-state index in [2.05, 4.69) is 47.3 Å². The van der Waals surface area contributed by atoms with Crippen LogP contribution in [0.5, 0.6) is 0 Å². The molecule has 1 aliphatic carbocycles. The van der Waals surface area contributed by atoms with Crippen molar-refractivity contribution < 1.29 is 0 Å². The molecule has 3 nitrogen and oxygen atoms in total. The number of aromatic amines is 1. The van der Waals surface area contributed by atoms with Gasteiger partial charge < -0.3 is 4.90 Å². The molecule has 1 aromatic carbocycles. The van der Waals surface area contributed by atoms with Crippen LogP contribution in [0.15, 0.2) is 30.3 Å². The first kappa shape index (κ1) is 13.9. The van der Waals surface area contributed by atoms with Gasteiger partial charge in [0, 0.05) is 23.5 Å². The van der Waals surface area contributed by atoms with Gasteiger partial charge in [-0.2, -0.15) is 5.10 Å². The molecule has 1 fully saturated rings. The highest BCUT2D eigenvalue weighted by molar-refractivity contribution is 5.51. The number of para-hydroxylation sites is 1. The number of anilines is 1. The van der Waals surface area contributed by atoms with Crippen molar-refractivity contribution in [2.24, 2.45) is 5.92 Å². The first-order valence-electron chi connectivity index (χ1n) is 8.76. The fourth-order valence-corrected chi connectivity index (χ4v) is 4.41. The standard InChI is InChI=1S/C19H25N3/c1-2-17-16-12-13-22(15-10-4-3-5-11-15)19(18(16)21-20-17)14-8-6-7-9-14/h3-5,10-11,14,19H,2,6-9,12-13H2,1H3,(H,20,21). The molecule has 0 saturated heterocycles. The van der Waals surface area contributed by atoms with Gasteiger partial charge in [-0.1, -0.05) is 38.0 Å². The minimum absolute atomic E-state index is 0.463. The molecular formula is C19H25N3. The first-order chi connectivity index (χ1) is 10.9.